The molecule has 1 amide bonds. The summed E-state index contributed by atoms with van der Waals surface area (Å²) in [6, 6.07) is 15.7. The van der Waals surface area contributed by atoms with Crippen molar-refractivity contribution in [2.45, 2.75) is 18.0 Å². The predicted octanol–water partition coefficient (Wildman–Crippen LogP) is 2.91. The fraction of sp³-hybridized carbons (Fsp3) is 0.292. The number of rotatable bonds is 7. The van der Waals surface area contributed by atoms with Crippen LogP contribution in [0, 0.1) is 0 Å². The lowest BCUT2D eigenvalue weighted by Gasteiger charge is -2.34. The van der Waals surface area contributed by atoms with Crippen molar-refractivity contribution in [2.24, 2.45) is 0 Å². The quantitative estimate of drug-likeness (QED) is 0.538. The number of ether oxygens (including phenoxy) is 2. The minimum atomic E-state index is -3.80. The summed E-state index contributed by atoms with van der Waals surface area (Å²) in [4.78, 5) is 18.6. The average Bonchev–Trinajstić information content (AvgIpc) is 3.55. The topological polar surface area (TPSA) is 88.2 Å². The second kappa shape index (κ2) is 9.75. The summed E-state index contributed by atoms with van der Waals surface area (Å²) >= 11 is 1.74. The molecule has 178 valence electrons. The number of carbonyl (C=O) groups is 1. The zero-order valence-electron chi connectivity index (χ0n) is 18.5. The van der Waals surface area contributed by atoms with Crippen molar-refractivity contribution >= 4 is 27.3 Å². The Morgan fingerprint density at radius 1 is 0.971 bits per heavy atom. The first-order valence-corrected chi connectivity index (χ1v) is 13.4. The Kier molecular flexibility index (Phi) is 6.55. The van der Waals surface area contributed by atoms with Gasteiger partial charge in [0.05, 0.1) is 4.90 Å². The Morgan fingerprint density at radius 3 is 2.59 bits per heavy atom. The molecule has 0 unspecified atom stereocenters. The van der Waals surface area contributed by atoms with Crippen molar-refractivity contribution in [3.8, 4) is 11.5 Å². The summed E-state index contributed by atoms with van der Waals surface area (Å²) in [6.07, 6.45) is 0. The first-order chi connectivity index (χ1) is 16.5. The molecule has 2 aliphatic heterocycles. The van der Waals surface area contributed by atoms with Gasteiger partial charge in [0.2, 0.25) is 16.8 Å². The molecular weight excluding hydrogens is 474 g/mol. The highest BCUT2D eigenvalue weighted by atomic mass is 32.2. The molecule has 2 aliphatic rings. The van der Waals surface area contributed by atoms with Crippen LogP contribution in [0.2, 0.25) is 0 Å². The Balaban J connectivity index is 1.20. The Labute approximate surface area is 202 Å². The van der Waals surface area contributed by atoms with E-state index in [1.165, 1.54) is 17.0 Å². The van der Waals surface area contributed by atoms with E-state index < -0.39 is 10.0 Å². The van der Waals surface area contributed by atoms with Crippen LogP contribution >= 0.6 is 11.3 Å². The molecule has 0 atom stereocenters. The van der Waals surface area contributed by atoms with Crippen LogP contribution in [-0.4, -0.2) is 57.1 Å². The van der Waals surface area contributed by atoms with E-state index in [1.54, 1.807) is 46.6 Å². The molecule has 1 saturated heterocycles. The third kappa shape index (κ3) is 5.10. The monoisotopic (exact) mass is 499 g/mol. The van der Waals surface area contributed by atoms with Gasteiger partial charge in [-0.05, 0) is 47.3 Å². The highest BCUT2D eigenvalue weighted by Gasteiger charge is 2.24. The van der Waals surface area contributed by atoms with Crippen molar-refractivity contribution in [3.63, 3.8) is 0 Å². The number of benzene rings is 2. The maximum Gasteiger partial charge on any atom is 0.253 e. The van der Waals surface area contributed by atoms with Gasteiger partial charge in [0.15, 0.2) is 11.5 Å². The van der Waals surface area contributed by atoms with Gasteiger partial charge in [-0.2, -0.15) is 0 Å². The lowest BCUT2D eigenvalue weighted by Crippen LogP contribution is -2.48. The molecule has 0 saturated carbocycles. The second-order valence-electron chi connectivity index (χ2n) is 8.19. The van der Waals surface area contributed by atoms with Crippen LogP contribution in [-0.2, 0) is 23.1 Å². The fourth-order valence-electron chi connectivity index (χ4n) is 4.02. The number of thiophene rings is 1. The normalized spacial score (nSPS) is 16.1. The van der Waals surface area contributed by atoms with Gasteiger partial charge in [-0.25, -0.2) is 13.1 Å². The van der Waals surface area contributed by atoms with Crippen LogP contribution in [0.25, 0.3) is 0 Å². The van der Waals surface area contributed by atoms with Crippen molar-refractivity contribution < 1.29 is 22.7 Å². The zero-order valence-corrected chi connectivity index (χ0v) is 20.1. The third-order valence-electron chi connectivity index (χ3n) is 5.91. The summed E-state index contributed by atoms with van der Waals surface area (Å²) in [6.45, 7) is 3.96. The van der Waals surface area contributed by atoms with Crippen LogP contribution in [0.5, 0.6) is 11.5 Å². The summed E-state index contributed by atoms with van der Waals surface area (Å²) in [5.74, 6) is 1.09. The number of piperazine rings is 1. The van der Waals surface area contributed by atoms with Crippen molar-refractivity contribution in [3.05, 3.63) is 76.0 Å². The van der Waals surface area contributed by atoms with Gasteiger partial charge in [0, 0.05) is 49.7 Å². The molecule has 10 heteroatoms. The number of hydrogen-bond donors (Lipinski definition) is 1. The van der Waals surface area contributed by atoms with E-state index in [0.717, 1.165) is 25.2 Å². The van der Waals surface area contributed by atoms with Gasteiger partial charge in [-0.1, -0.05) is 18.2 Å². The first kappa shape index (κ1) is 22.9. The molecule has 3 aromatic rings. The van der Waals surface area contributed by atoms with Crippen molar-refractivity contribution in [2.75, 3.05) is 33.0 Å². The first-order valence-electron chi connectivity index (χ1n) is 11.0. The summed E-state index contributed by atoms with van der Waals surface area (Å²) < 4.78 is 39.0. The Morgan fingerprint density at radius 2 is 1.79 bits per heavy atom. The van der Waals surface area contributed by atoms with Gasteiger partial charge in [0.1, 0.15) is 0 Å². The highest BCUT2D eigenvalue weighted by Crippen LogP contribution is 2.32. The van der Waals surface area contributed by atoms with Crippen LogP contribution in [0.3, 0.4) is 0 Å². The highest BCUT2D eigenvalue weighted by molar-refractivity contribution is 7.89. The van der Waals surface area contributed by atoms with E-state index in [2.05, 4.69) is 21.1 Å². The van der Waals surface area contributed by atoms with Crippen molar-refractivity contribution in [1.29, 1.82) is 0 Å². The molecule has 8 nitrogen and oxygen atoms in total. The molecule has 2 aromatic carbocycles. The standard InChI is InChI=1S/C24H25N3O5S2/c28-24(27-10-8-26(9-11-27)16-20-4-2-12-33-20)19-3-1-5-21(14-19)34(29,30)25-15-18-6-7-22-23(13-18)32-17-31-22/h1-7,12-14,25H,8-11,15-17H2. The van der Waals surface area contributed by atoms with E-state index in [4.69, 9.17) is 9.47 Å². The molecule has 0 radical (unpaired) electrons. The third-order valence-corrected chi connectivity index (χ3v) is 8.17. The fourth-order valence-corrected chi connectivity index (χ4v) is 5.83. The van der Waals surface area contributed by atoms with Gasteiger partial charge < -0.3 is 14.4 Å². The van der Waals surface area contributed by atoms with E-state index in [9.17, 15) is 13.2 Å². The van der Waals surface area contributed by atoms with Crippen LogP contribution < -0.4 is 14.2 Å². The Hall–Kier alpha value is -2.92. The second-order valence-corrected chi connectivity index (χ2v) is 11.0. The molecule has 1 N–H and O–H groups in total. The largest absolute Gasteiger partial charge is 0.454 e. The van der Waals surface area contributed by atoms with E-state index in [0.29, 0.717) is 30.2 Å². The van der Waals surface area contributed by atoms with Crippen LogP contribution in [0.1, 0.15) is 20.8 Å². The molecule has 1 fully saturated rings. The molecule has 0 bridgehead atoms. The average molecular weight is 500 g/mol. The molecule has 0 aliphatic carbocycles. The minimum Gasteiger partial charge on any atom is -0.454 e. The van der Waals surface area contributed by atoms with Gasteiger partial charge in [0.25, 0.3) is 5.91 Å². The molecule has 0 spiro atoms. The molecule has 34 heavy (non-hydrogen) atoms. The maximum atomic E-state index is 13.1. The summed E-state index contributed by atoms with van der Waals surface area (Å²) in [5.41, 5.74) is 1.12. The molecule has 3 heterocycles. The van der Waals surface area contributed by atoms with Crippen LogP contribution in [0.15, 0.2) is 64.9 Å². The number of fused-ring (bicyclic) bond motifs is 1. The predicted molar refractivity (Wildman–Crippen MR) is 129 cm³/mol. The molecular formula is C24H25N3O5S2. The maximum absolute atomic E-state index is 13.1. The van der Waals surface area contributed by atoms with Gasteiger partial charge >= 0.3 is 0 Å². The van der Waals surface area contributed by atoms with Gasteiger partial charge in [-0.15, -0.1) is 11.3 Å². The zero-order chi connectivity index (χ0) is 23.5. The van der Waals surface area contributed by atoms with E-state index in [-0.39, 0.29) is 24.1 Å². The van der Waals surface area contributed by atoms with Crippen LogP contribution in [0.4, 0.5) is 0 Å². The minimum absolute atomic E-state index is 0.0652. The van der Waals surface area contributed by atoms with Gasteiger partial charge in [-0.3, -0.25) is 9.69 Å². The van der Waals surface area contributed by atoms with Crippen molar-refractivity contribution in [1.82, 2.24) is 14.5 Å². The molecule has 5 rings (SSSR count). The summed E-state index contributed by atoms with van der Waals surface area (Å²) in [5, 5.41) is 2.07. The lowest BCUT2D eigenvalue weighted by atomic mass is 10.2. The number of sulfonamides is 1. The van der Waals surface area contributed by atoms with E-state index in [1.807, 2.05) is 6.07 Å². The lowest BCUT2D eigenvalue weighted by molar-refractivity contribution is 0.0629. The number of amides is 1. The number of nitrogens with one attached hydrogen (secondary N) is 1. The summed E-state index contributed by atoms with van der Waals surface area (Å²) in [7, 11) is -3.80. The van der Waals surface area contributed by atoms with E-state index >= 15 is 0 Å². The Bertz CT molecular complexity index is 1270. The number of nitrogens with zero attached hydrogens (tertiary/aromatic N) is 2. The molecule has 1 aromatic heterocycles. The number of carbonyl (C=O) groups excluding carboxylic acids is 1. The number of hydrogen-bond acceptors (Lipinski definition) is 7. The SMILES string of the molecule is O=C(c1cccc(S(=O)(=O)NCc2ccc3c(c2)OCO3)c1)N1CCN(Cc2cccs2)CC1. The smallest absolute Gasteiger partial charge is 0.253 e.